The largest absolute Gasteiger partial charge is 0.378 e. The topological polar surface area (TPSA) is 32.8 Å². The molecule has 0 aliphatic heterocycles. The second-order valence-electron chi connectivity index (χ2n) is 7.51. The molecule has 138 valence electrons. The van der Waals surface area contributed by atoms with E-state index in [-0.39, 0.29) is 10.8 Å². The second-order valence-corrected chi connectivity index (χ2v) is 7.92. The lowest BCUT2D eigenvalue weighted by molar-refractivity contribution is 0.108. The Morgan fingerprint density at radius 2 is 1.54 bits per heavy atom. The Kier molecular flexibility index (Phi) is 8.54. The van der Waals surface area contributed by atoms with Crippen molar-refractivity contribution in [1.29, 1.82) is 0 Å². The maximum Gasteiger partial charge on any atom is 0.204 e. The monoisotopic (exact) mass is 354 g/mol. The Morgan fingerprint density at radius 3 is 2.04 bits per heavy atom. The molecule has 0 atom stereocenters. The molecule has 0 amide bonds. The molecule has 4 nitrogen and oxygen atoms in total. The molecule has 0 aromatic heterocycles. The molecule has 0 saturated heterocycles. The standard InChI is InChI=1S/C19H34N2O2S/c1-7-9-21(10-8-2)12-14-23-13-11-20(6)16-15(19(3,4)5)17(22)18(16)24/h7-14H2,1-6H3. The van der Waals surface area contributed by atoms with Gasteiger partial charge in [0.2, 0.25) is 5.43 Å². The average molecular weight is 355 g/mol. The van der Waals surface area contributed by atoms with Crippen molar-refractivity contribution in [3.63, 3.8) is 0 Å². The fourth-order valence-electron chi connectivity index (χ4n) is 3.02. The summed E-state index contributed by atoms with van der Waals surface area (Å²) in [5.41, 5.74) is 1.66. The van der Waals surface area contributed by atoms with Gasteiger partial charge in [0.25, 0.3) is 0 Å². The van der Waals surface area contributed by atoms with Gasteiger partial charge in [0.15, 0.2) is 0 Å². The van der Waals surface area contributed by atoms with Crippen molar-refractivity contribution in [1.82, 2.24) is 4.90 Å². The molecule has 5 heteroatoms. The molecule has 1 rings (SSSR count). The normalized spacial score (nSPS) is 12.3. The van der Waals surface area contributed by atoms with Crippen molar-refractivity contribution in [3.8, 4) is 0 Å². The molecular weight excluding hydrogens is 320 g/mol. The zero-order valence-corrected chi connectivity index (χ0v) is 17.1. The van der Waals surface area contributed by atoms with Crippen molar-refractivity contribution >= 4 is 17.9 Å². The van der Waals surface area contributed by atoms with Gasteiger partial charge in [-0.2, -0.15) is 0 Å². The Bertz CT molecular complexity index is 565. The highest BCUT2D eigenvalue weighted by Crippen LogP contribution is 2.32. The average Bonchev–Trinajstić information content (AvgIpc) is 2.50. The van der Waals surface area contributed by atoms with E-state index >= 15 is 0 Å². The van der Waals surface area contributed by atoms with Gasteiger partial charge in [0, 0.05) is 25.7 Å². The summed E-state index contributed by atoms with van der Waals surface area (Å²) in [5, 5.41) is 0. The van der Waals surface area contributed by atoms with Crippen LogP contribution in [0.2, 0.25) is 0 Å². The summed E-state index contributed by atoms with van der Waals surface area (Å²) < 4.78 is 6.27. The predicted molar refractivity (Wildman–Crippen MR) is 106 cm³/mol. The third-order valence-corrected chi connectivity index (χ3v) is 4.60. The first kappa shape index (κ1) is 21.3. The highest BCUT2D eigenvalue weighted by molar-refractivity contribution is 7.71. The van der Waals surface area contributed by atoms with Crippen molar-refractivity contribution in [2.45, 2.75) is 52.9 Å². The number of ether oxygens (including phenoxy) is 1. The van der Waals surface area contributed by atoms with Crippen molar-refractivity contribution in [3.05, 3.63) is 20.3 Å². The van der Waals surface area contributed by atoms with Gasteiger partial charge in [-0.3, -0.25) is 4.79 Å². The van der Waals surface area contributed by atoms with Crippen molar-refractivity contribution < 1.29 is 4.74 Å². The third kappa shape index (κ3) is 5.64. The molecule has 1 aromatic rings. The summed E-state index contributed by atoms with van der Waals surface area (Å²) in [6.45, 7) is 16.0. The van der Waals surface area contributed by atoms with E-state index in [0.29, 0.717) is 11.1 Å². The van der Waals surface area contributed by atoms with Crippen LogP contribution in [0.1, 0.15) is 53.0 Å². The first-order valence-electron chi connectivity index (χ1n) is 9.09. The van der Waals surface area contributed by atoms with Crippen LogP contribution >= 0.6 is 12.2 Å². The summed E-state index contributed by atoms with van der Waals surface area (Å²) in [5.74, 6) is 0. The van der Waals surface area contributed by atoms with Crippen LogP contribution in [0.15, 0.2) is 4.79 Å². The van der Waals surface area contributed by atoms with Gasteiger partial charge in [-0.05, 0) is 31.3 Å². The van der Waals surface area contributed by atoms with Crippen LogP contribution in [0.25, 0.3) is 0 Å². The molecule has 24 heavy (non-hydrogen) atoms. The van der Waals surface area contributed by atoms with Gasteiger partial charge >= 0.3 is 0 Å². The lowest BCUT2D eigenvalue weighted by Crippen LogP contribution is -2.36. The second kappa shape index (κ2) is 9.64. The van der Waals surface area contributed by atoms with Gasteiger partial charge in [-0.1, -0.05) is 46.8 Å². The van der Waals surface area contributed by atoms with Crippen molar-refractivity contribution in [2.75, 3.05) is 51.3 Å². The Hall–Kier alpha value is -0.780. The van der Waals surface area contributed by atoms with Gasteiger partial charge in [-0.15, -0.1) is 0 Å². The summed E-state index contributed by atoms with van der Waals surface area (Å²) in [6.07, 6.45) is 2.36. The summed E-state index contributed by atoms with van der Waals surface area (Å²) in [6, 6.07) is 0. The minimum atomic E-state index is -0.162. The Morgan fingerprint density at radius 1 is 1.00 bits per heavy atom. The molecule has 0 aliphatic rings. The summed E-state index contributed by atoms with van der Waals surface area (Å²) >= 11 is 5.25. The number of anilines is 1. The fourth-order valence-corrected chi connectivity index (χ4v) is 3.38. The first-order valence-corrected chi connectivity index (χ1v) is 9.49. The Labute approximate surface area is 152 Å². The smallest absolute Gasteiger partial charge is 0.204 e. The third-order valence-electron chi connectivity index (χ3n) is 4.22. The summed E-state index contributed by atoms with van der Waals surface area (Å²) in [7, 11) is 1.99. The quantitative estimate of drug-likeness (QED) is 0.448. The maximum atomic E-state index is 12.0. The molecule has 0 spiro atoms. The number of rotatable bonds is 11. The minimum Gasteiger partial charge on any atom is -0.378 e. The van der Waals surface area contributed by atoms with Crippen molar-refractivity contribution in [2.24, 2.45) is 0 Å². The maximum absolute atomic E-state index is 12.0. The van der Waals surface area contributed by atoms with E-state index in [2.05, 4.69) is 44.4 Å². The number of hydrogen-bond donors (Lipinski definition) is 0. The molecule has 0 aliphatic carbocycles. The van der Waals surface area contributed by atoms with E-state index in [1.807, 2.05) is 7.05 Å². The van der Waals surface area contributed by atoms with Gasteiger partial charge in [0.1, 0.15) is 4.51 Å². The Balaban J connectivity index is 2.43. The summed E-state index contributed by atoms with van der Waals surface area (Å²) in [4.78, 5) is 16.6. The van der Waals surface area contributed by atoms with E-state index in [4.69, 9.17) is 17.0 Å². The lowest BCUT2D eigenvalue weighted by Gasteiger charge is -2.30. The molecule has 0 radical (unpaired) electrons. The molecule has 0 unspecified atom stereocenters. The highest BCUT2D eigenvalue weighted by atomic mass is 32.1. The zero-order valence-electron chi connectivity index (χ0n) is 16.3. The molecule has 0 saturated carbocycles. The molecule has 0 fully saturated rings. The van der Waals surface area contributed by atoms with E-state index < -0.39 is 0 Å². The van der Waals surface area contributed by atoms with Crippen LogP contribution in [0, 0.1) is 4.51 Å². The van der Waals surface area contributed by atoms with Gasteiger partial charge in [0.05, 0.1) is 18.9 Å². The zero-order chi connectivity index (χ0) is 18.3. The van der Waals surface area contributed by atoms with E-state index in [1.165, 1.54) is 12.8 Å². The fraction of sp³-hybridized carbons (Fsp3) is 0.789. The van der Waals surface area contributed by atoms with Crippen LogP contribution in [-0.2, 0) is 10.2 Å². The molecule has 1 aromatic carbocycles. The minimum absolute atomic E-state index is 0.0371. The van der Waals surface area contributed by atoms with Gasteiger partial charge < -0.3 is 14.5 Å². The number of hydrogen-bond acceptors (Lipinski definition) is 5. The van der Waals surface area contributed by atoms with Crippen LogP contribution in [-0.4, -0.2) is 51.3 Å². The number of nitrogens with zero attached hydrogens (tertiary/aromatic N) is 2. The van der Waals surface area contributed by atoms with E-state index in [1.54, 1.807) is 0 Å². The molecule has 0 heterocycles. The highest BCUT2D eigenvalue weighted by Gasteiger charge is 2.29. The SMILES string of the molecule is CCCN(CCC)CCOCCN(C)c1c(C(C)(C)C)c(=O)c1=S. The lowest BCUT2D eigenvalue weighted by atomic mass is 9.82. The molecule has 0 bridgehead atoms. The van der Waals surface area contributed by atoms with Gasteiger partial charge in [-0.25, -0.2) is 0 Å². The predicted octanol–water partition coefficient (Wildman–Crippen LogP) is 3.52. The van der Waals surface area contributed by atoms with E-state index in [9.17, 15) is 4.79 Å². The van der Waals surface area contributed by atoms with Crippen LogP contribution < -0.4 is 10.3 Å². The first-order chi connectivity index (χ1) is 11.2. The van der Waals surface area contributed by atoms with E-state index in [0.717, 1.165) is 44.0 Å². The molecule has 0 N–H and O–H groups in total. The van der Waals surface area contributed by atoms with Crippen LogP contribution in [0.4, 0.5) is 5.69 Å². The number of likely N-dealkylation sites (N-methyl/N-ethyl adjacent to an activating group) is 1. The van der Waals surface area contributed by atoms with Crippen LogP contribution in [0.3, 0.4) is 0 Å². The van der Waals surface area contributed by atoms with Crippen LogP contribution in [0.5, 0.6) is 0 Å². The molecular formula is C19H34N2O2S.